The van der Waals surface area contributed by atoms with Gasteiger partial charge in [0.05, 0.1) is 23.6 Å². The van der Waals surface area contributed by atoms with E-state index in [1.54, 1.807) is 12.1 Å². The molecule has 0 spiro atoms. The Labute approximate surface area is 216 Å². The average Bonchev–Trinajstić information content (AvgIpc) is 2.82. The number of hydrogen-bond acceptors (Lipinski definition) is 7. The van der Waals surface area contributed by atoms with Crippen LogP contribution >= 0.6 is 0 Å². The second-order valence-corrected chi connectivity index (χ2v) is 10.7. The summed E-state index contributed by atoms with van der Waals surface area (Å²) in [5.41, 5.74) is 5.72. The van der Waals surface area contributed by atoms with Crippen molar-refractivity contribution >= 4 is 21.7 Å². The van der Waals surface area contributed by atoms with Gasteiger partial charge in [-0.05, 0) is 84.5 Å². The standard InChI is InChI=1S/C27H32N2O7S/c1-16-13-25(17(2)18(3)26(16)19-5-7-20(8-6-19)27(32)33)36-12-11-28-15-24(31)21-9-10-23(30)22(14-21)29-37(4,34)35/h5-10,13-14,24,28-31H,11-12,15H2,1-4H3,(H,32,33)/t24-/m0/s1. The van der Waals surface area contributed by atoms with E-state index in [1.807, 2.05) is 39.0 Å². The van der Waals surface area contributed by atoms with Gasteiger partial charge in [0.1, 0.15) is 18.1 Å². The maximum Gasteiger partial charge on any atom is 0.335 e. The molecule has 0 aromatic heterocycles. The van der Waals surface area contributed by atoms with E-state index in [-0.39, 0.29) is 23.5 Å². The summed E-state index contributed by atoms with van der Waals surface area (Å²) in [5, 5.41) is 32.6. The summed E-state index contributed by atoms with van der Waals surface area (Å²) in [6.45, 7) is 6.99. The van der Waals surface area contributed by atoms with Gasteiger partial charge in [-0.15, -0.1) is 0 Å². The van der Waals surface area contributed by atoms with E-state index in [9.17, 15) is 23.4 Å². The number of aromatic carboxylic acids is 1. The summed E-state index contributed by atoms with van der Waals surface area (Å²) >= 11 is 0. The molecule has 1 atom stereocenters. The minimum Gasteiger partial charge on any atom is -0.506 e. The number of phenolic OH excluding ortho intramolecular Hbond substituents is 1. The highest BCUT2D eigenvalue weighted by atomic mass is 32.2. The lowest BCUT2D eigenvalue weighted by Crippen LogP contribution is -2.26. The minimum atomic E-state index is -3.57. The summed E-state index contributed by atoms with van der Waals surface area (Å²) in [5.74, 6) is -0.442. The predicted octanol–water partition coefficient (Wildman–Crippen LogP) is 3.76. The fourth-order valence-corrected chi connectivity index (χ4v) is 4.61. The summed E-state index contributed by atoms with van der Waals surface area (Å²) in [4.78, 5) is 11.1. The molecule has 0 aliphatic carbocycles. The molecule has 0 fully saturated rings. The number of carboxylic acids is 1. The van der Waals surface area contributed by atoms with Gasteiger partial charge in [-0.25, -0.2) is 13.2 Å². The first-order chi connectivity index (χ1) is 17.4. The number of ether oxygens (including phenoxy) is 1. The van der Waals surface area contributed by atoms with Gasteiger partial charge in [-0.3, -0.25) is 4.72 Å². The zero-order valence-corrected chi connectivity index (χ0v) is 22.0. The second-order valence-electron chi connectivity index (χ2n) is 8.92. The number of hydrogen-bond donors (Lipinski definition) is 5. The topological polar surface area (TPSA) is 145 Å². The van der Waals surface area contributed by atoms with Crippen molar-refractivity contribution in [3.8, 4) is 22.6 Å². The summed E-state index contributed by atoms with van der Waals surface area (Å²) in [6, 6.07) is 13.0. The molecule has 5 N–H and O–H groups in total. The number of anilines is 1. The molecule has 0 bridgehead atoms. The zero-order valence-electron chi connectivity index (χ0n) is 21.2. The summed E-state index contributed by atoms with van der Waals surface area (Å²) in [7, 11) is -3.57. The molecule has 0 saturated carbocycles. The van der Waals surface area contributed by atoms with Gasteiger partial charge in [0.25, 0.3) is 0 Å². The molecule has 0 amide bonds. The van der Waals surface area contributed by atoms with Crippen LogP contribution in [0.1, 0.15) is 38.7 Å². The van der Waals surface area contributed by atoms with Gasteiger partial charge in [0, 0.05) is 13.1 Å². The van der Waals surface area contributed by atoms with Gasteiger partial charge >= 0.3 is 5.97 Å². The third-order valence-electron chi connectivity index (χ3n) is 6.04. The largest absolute Gasteiger partial charge is 0.506 e. The van der Waals surface area contributed by atoms with Crippen molar-refractivity contribution in [3.63, 3.8) is 0 Å². The van der Waals surface area contributed by atoms with Crippen molar-refractivity contribution in [2.75, 3.05) is 30.7 Å². The smallest absolute Gasteiger partial charge is 0.335 e. The minimum absolute atomic E-state index is 0.00451. The van der Waals surface area contributed by atoms with Crippen LogP contribution in [-0.2, 0) is 10.0 Å². The van der Waals surface area contributed by atoms with Crippen LogP contribution in [0.25, 0.3) is 11.1 Å². The van der Waals surface area contributed by atoms with E-state index in [1.165, 1.54) is 18.2 Å². The van der Waals surface area contributed by atoms with Crippen LogP contribution in [0.5, 0.6) is 11.5 Å². The van der Waals surface area contributed by atoms with Crippen LogP contribution in [0.3, 0.4) is 0 Å². The molecule has 0 radical (unpaired) electrons. The third kappa shape index (κ3) is 7.22. The first-order valence-electron chi connectivity index (χ1n) is 11.6. The number of carboxylic acid groups (broad SMARTS) is 1. The number of aromatic hydroxyl groups is 1. The second kappa shape index (κ2) is 11.6. The van der Waals surface area contributed by atoms with Crippen molar-refractivity contribution in [1.82, 2.24) is 5.32 Å². The molecular weight excluding hydrogens is 496 g/mol. The van der Waals surface area contributed by atoms with Gasteiger partial charge in [0.15, 0.2) is 0 Å². The normalized spacial score (nSPS) is 12.2. The number of aryl methyl sites for hydroxylation is 1. The maximum atomic E-state index is 11.5. The third-order valence-corrected chi connectivity index (χ3v) is 6.64. The van der Waals surface area contributed by atoms with Crippen molar-refractivity contribution in [1.29, 1.82) is 0 Å². The summed E-state index contributed by atoms with van der Waals surface area (Å²) < 4.78 is 31.1. The van der Waals surface area contributed by atoms with Crippen molar-refractivity contribution in [3.05, 3.63) is 76.3 Å². The number of nitrogens with one attached hydrogen (secondary N) is 2. The Morgan fingerprint density at radius 2 is 1.70 bits per heavy atom. The molecule has 0 aliphatic heterocycles. The van der Waals surface area contributed by atoms with E-state index in [0.717, 1.165) is 39.8 Å². The first kappa shape index (κ1) is 28.0. The highest BCUT2D eigenvalue weighted by Crippen LogP contribution is 2.35. The fourth-order valence-electron chi connectivity index (χ4n) is 4.05. The van der Waals surface area contributed by atoms with Crippen LogP contribution in [-0.4, -0.2) is 55.7 Å². The monoisotopic (exact) mass is 528 g/mol. The molecule has 10 heteroatoms. The Morgan fingerprint density at radius 3 is 2.32 bits per heavy atom. The van der Waals surface area contributed by atoms with Gasteiger partial charge in [0.2, 0.25) is 10.0 Å². The molecule has 0 heterocycles. The molecule has 3 aromatic rings. The van der Waals surface area contributed by atoms with Gasteiger partial charge in [-0.1, -0.05) is 18.2 Å². The lowest BCUT2D eigenvalue weighted by atomic mass is 9.91. The Balaban J connectivity index is 1.58. The Bertz CT molecular complexity index is 1390. The number of rotatable bonds is 11. The molecule has 37 heavy (non-hydrogen) atoms. The Morgan fingerprint density at radius 1 is 1.03 bits per heavy atom. The van der Waals surface area contributed by atoms with E-state index in [4.69, 9.17) is 9.84 Å². The quantitative estimate of drug-likeness (QED) is 0.187. The number of sulfonamides is 1. The first-order valence-corrected chi connectivity index (χ1v) is 13.5. The molecular formula is C27H32N2O7S. The van der Waals surface area contributed by atoms with E-state index >= 15 is 0 Å². The number of carbonyl (C=O) groups is 1. The van der Waals surface area contributed by atoms with E-state index in [0.29, 0.717) is 18.7 Å². The molecule has 3 aromatic carbocycles. The average molecular weight is 529 g/mol. The Kier molecular flexibility index (Phi) is 8.80. The van der Waals surface area contributed by atoms with E-state index < -0.39 is 22.1 Å². The molecule has 0 saturated heterocycles. The highest BCUT2D eigenvalue weighted by Gasteiger charge is 2.15. The van der Waals surface area contributed by atoms with Gasteiger partial charge in [-0.2, -0.15) is 0 Å². The molecule has 198 valence electrons. The SMILES string of the molecule is Cc1cc(OCCNC[C@H](O)c2ccc(O)c(NS(C)(=O)=O)c2)c(C)c(C)c1-c1ccc(C(=O)O)cc1. The molecule has 0 aliphatic rings. The van der Waals surface area contributed by atoms with Crippen LogP contribution < -0.4 is 14.8 Å². The predicted molar refractivity (Wildman–Crippen MR) is 143 cm³/mol. The lowest BCUT2D eigenvalue weighted by Gasteiger charge is -2.18. The van der Waals surface area contributed by atoms with Crippen LogP contribution in [0.15, 0.2) is 48.5 Å². The Hall–Kier alpha value is -3.60. The highest BCUT2D eigenvalue weighted by molar-refractivity contribution is 7.92. The van der Waals surface area contributed by atoms with Crippen LogP contribution in [0.2, 0.25) is 0 Å². The van der Waals surface area contributed by atoms with Crippen LogP contribution in [0.4, 0.5) is 5.69 Å². The molecule has 3 rings (SSSR count). The zero-order chi connectivity index (χ0) is 27.3. The molecule has 0 unspecified atom stereocenters. The van der Waals surface area contributed by atoms with Crippen molar-refractivity contribution in [2.45, 2.75) is 26.9 Å². The van der Waals surface area contributed by atoms with Crippen molar-refractivity contribution in [2.24, 2.45) is 0 Å². The molecule has 9 nitrogen and oxygen atoms in total. The fraction of sp³-hybridized carbons (Fsp3) is 0.296. The number of aliphatic hydroxyl groups excluding tert-OH is 1. The summed E-state index contributed by atoms with van der Waals surface area (Å²) in [6.07, 6.45) is 0.0622. The number of phenols is 1. The van der Waals surface area contributed by atoms with E-state index in [2.05, 4.69) is 10.0 Å². The van der Waals surface area contributed by atoms with Crippen LogP contribution in [0, 0.1) is 20.8 Å². The number of benzene rings is 3. The maximum absolute atomic E-state index is 11.5. The van der Waals surface area contributed by atoms with Gasteiger partial charge < -0.3 is 25.4 Å². The van der Waals surface area contributed by atoms with Crippen molar-refractivity contribution < 1.29 is 33.3 Å². The number of aliphatic hydroxyl groups is 1. The lowest BCUT2D eigenvalue weighted by molar-refractivity contribution is 0.0697.